The van der Waals surface area contributed by atoms with E-state index in [1.165, 1.54) is 0 Å². The number of nitrogens with zero attached hydrogens (tertiary/aromatic N) is 2. The fourth-order valence-electron chi connectivity index (χ4n) is 2.05. The van der Waals surface area contributed by atoms with Crippen molar-refractivity contribution in [3.05, 3.63) is 60.4 Å². The lowest BCUT2D eigenvalue weighted by atomic mass is 10.2. The maximum atomic E-state index is 12.0. The Hall–Kier alpha value is -3.15. The van der Waals surface area contributed by atoms with Crippen LogP contribution in [0.3, 0.4) is 0 Å². The quantitative estimate of drug-likeness (QED) is 0.784. The number of para-hydroxylation sites is 1. The highest BCUT2D eigenvalue weighted by molar-refractivity contribution is 5.91. The molecule has 23 heavy (non-hydrogen) atoms. The summed E-state index contributed by atoms with van der Waals surface area (Å²) < 4.78 is 10.3. The topological polar surface area (TPSA) is 77.2 Å². The Bertz CT molecular complexity index is 782. The summed E-state index contributed by atoms with van der Waals surface area (Å²) >= 11 is 0. The van der Waals surface area contributed by atoms with Crippen LogP contribution in [-0.4, -0.2) is 23.2 Å². The lowest BCUT2D eigenvalue weighted by Gasteiger charge is -2.02. The monoisotopic (exact) mass is 309 g/mol. The molecule has 6 heteroatoms. The number of hydrogen-bond acceptors (Lipinski definition) is 5. The molecule has 0 saturated carbocycles. The molecule has 1 aromatic heterocycles. The number of nitrogens with one attached hydrogen (secondary N) is 1. The molecule has 3 rings (SSSR count). The van der Waals surface area contributed by atoms with Crippen LogP contribution in [0, 0.1) is 0 Å². The third-order valence-corrected chi connectivity index (χ3v) is 3.18. The number of hydrogen-bond donors (Lipinski definition) is 1. The minimum atomic E-state index is -0.196. The van der Waals surface area contributed by atoms with Crippen molar-refractivity contribution in [3.63, 3.8) is 0 Å². The predicted octanol–water partition coefficient (Wildman–Crippen LogP) is 2.93. The zero-order chi connectivity index (χ0) is 16.1. The summed E-state index contributed by atoms with van der Waals surface area (Å²) in [5.74, 6) is 1.26. The second-order valence-electron chi connectivity index (χ2n) is 4.84. The molecule has 0 aliphatic heterocycles. The molecule has 0 unspecified atom stereocenters. The smallest absolute Gasteiger partial charge is 0.257 e. The van der Waals surface area contributed by atoms with E-state index < -0.39 is 0 Å². The van der Waals surface area contributed by atoms with Crippen LogP contribution in [0.4, 0.5) is 5.69 Å². The molecule has 0 fully saturated rings. The van der Waals surface area contributed by atoms with Gasteiger partial charge in [0.2, 0.25) is 5.91 Å². The van der Waals surface area contributed by atoms with Gasteiger partial charge in [-0.2, -0.15) is 4.98 Å². The average Bonchev–Trinajstić information content (AvgIpc) is 3.04. The molecule has 0 bridgehead atoms. The molecule has 0 saturated heterocycles. The first-order valence-corrected chi connectivity index (χ1v) is 7.06. The molecule has 1 N–H and O–H groups in total. The minimum Gasteiger partial charge on any atom is -0.497 e. The molecule has 0 aliphatic rings. The Morgan fingerprint density at radius 1 is 1.13 bits per heavy atom. The van der Waals surface area contributed by atoms with Crippen LogP contribution in [0.15, 0.2) is 59.1 Å². The van der Waals surface area contributed by atoms with Gasteiger partial charge in [-0.05, 0) is 36.4 Å². The minimum absolute atomic E-state index is 0.0501. The number of amides is 1. The summed E-state index contributed by atoms with van der Waals surface area (Å²) in [5.41, 5.74) is 1.50. The zero-order valence-corrected chi connectivity index (χ0v) is 12.5. The van der Waals surface area contributed by atoms with E-state index in [1.54, 1.807) is 19.2 Å². The fraction of sp³-hybridized carbons (Fsp3) is 0.118. The summed E-state index contributed by atoms with van der Waals surface area (Å²) in [6, 6.07) is 16.5. The van der Waals surface area contributed by atoms with Gasteiger partial charge in [-0.1, -0.05) is 23.4 Å². The Kier molecular flexibility index (Phi) is 4.33. The van der Waals surface area contributed by atoms with Gasteiger partial charge < -0.3 is 14.6 Å². The molecule has 0 aliphatic carbocycles. The number of ether oxygens (including phenoxy) is 1. The number of aromatic nitrogens is 2. The van der Waals surface area contributed by atoms with Crippen molar-refractivity contribution in [2.45, 2.75) is 6.42 Å². The molecule has 0 radical (unpaired) electrons. The third kappa shape index (κ3) is 3.74. The van der Waals surface area contributed by atoms with Gasteiger partial charge in [0.1, 0.15) is 5.75 Å². The van der Waals surface area contributed by atoms with E-state index in [-0.39, 0.29) is 12.3 Å². The molecule has 6 nitrogen and oxygen atoms in total. The van der Waals surface area contributed by atoms with E-state index in [0.29, 0.717) is 11.7 Å². The van der Waals surface area contributed by atoms with E-state index >= 15 is 0 Å². The van der Waals surface area contributed by atoms with Gasteiger partial charge >= 0.3 is 0 Å². The van der Waals surface area contributed by atoms with Gasteiger partial charge in [-0.3, -0.25) is 4.79 Å². The first-order chi connectivity index (χ1) is 11.2. The van der Waals surface area contributed by atoms with Crippen molar-refractivity contribution in [1.82, 2.24) is 10.1 Å². The summed E-state index contributed by atoms with van der Waals surface area (Å²) in [5, 5.41) is 6.62. The van der Waals surface area contributed by atoms with Gasteiger partial charge in [-0.25, -0.2) is 0 Å². The van der Waals surface area contributed by atoms with Crippen LogP contribution in [0.5, 0.6) is 5.75 Å². The number of benzene rings is 2. The molecular weight excluding hydrogens is 294 g/mol. The van der Waals surface area contributed by atoms with Crippen LogP contribution in [0.25, 0.3) is 11.5 Å². The van der Waals surface area contributed by atoms with Crippen molar-refractivity contribution in [3.8, 4) is 17.2 Å². The highest BCUT2D eigenvalue weighted by Crippen LogP contribution is 2.20. The van der Waals surface area contributed by atoms with E-state index in [9.17, 15) is 4.79 Å². The van der Waals surface area contributed by atoms with Crippen molar-refractivity contribution >= 4 is 11.6 Å². The Labute approximate surface area is 133 Å². The van der Waals surface area contributed by atoms with Crippen molar-refractivity contribution in [2.75, 3.05) is 12.4 Å². The van der Waals surface area contributed by atoms with Gasteiger partial charge in [0.05, 0.1) is 13.5 Å². The van der Waals surface area contributed by atoms with Crippen LogP contribution >= 0.6 is 0 Å². The Morgan fingerprint density at radius 2 is 1.87 bits per heavy atom. The maximum Gasteiger partial charge on any atom is 0.257 e. The summed E-state index contributed by atoms with van der Waals surface area (Å²) in [7, 11) is 1.60. The predicted molar refractivity (Wildman–Crippen MR) is 85.1 cm³/mol. The van der Waals surface area contributed by atoms with Crippen LogP contribution in [0.1, 0.15) is 5.82 Å². The average molecular weight is 309 g/mol. The second kappa shape index (κ2) is 6.74. The van der Waals surface area contributed by atoms with E-state index in [0.717, 1.165) is 17.0 Å². The molecule has 2 aromatic carbocycles. The summed E-state index contributed by atoms with van der Waals surface area (Å²) in [6.07, 6.45) is 0.0501. The van der Waals surface area contributed by atoms with E-state index in [1.807, 2.05) is 42.5 Å². The maximum absolute atomic E-state index is 12.0. The molecular formula is C17H15N3O3. The standard InChI is InChI=1S/C17H15N3O3/c1-22-14-9-7-12(8-10-14)17-19-15(20-23-17)11-16(21)18-13-5-3-2-4-6-13/h2-10H,11H2,1H3,(H,18,21). The molecule has 1 amide bonds. The number of rotatable bonds is 5. The van der Waals surface area contributed by atoms with Crippen LogP contribution in [0.2, 0.25) is 0 Å². The van der Waals surface area contributed by atoms with Crippen LogP contribution < -0.4 is 10.1 Å². The van der Waals surface area contributed by atoms with Gasteiger partial charge in [-0.15, -0.1) is 0 Å². The zero-order valence-electron chi connectivity index (χ0n) is 12.5. The van der Waals surface area contributed by atoms with E-state index in [2.05, 4.69) is 15.5 Å². The third-order valence-electron chi connectivity index (χ3n) is 3.18. The number of carbonyl (C=O) groups is 1. The summed E-state index contributed by atoms with van der Waals surface area (Å²) in [6.45, 7) is 0. The fourth-order valence-corrected chi connectivity index (χ4v) is 2.05. The number of methoxy groups -OCH3 is 1. The Morgan fingerprint density at radius 3 is 2.57 bits per heavy atom. The first kappa shape index (κ1) is 14.8. The van der Waals surface area contributed by atoms with Gasteiger partial charge in [0.25, 0.3) is 5.89 Å². The highest BCUT2D eigenvalue weighted by atomic mass is 16.5. The van der Waals surface area contributed by atoms with Crippen molar-refractivity contribution in [1.29, 1.82) is 0 Å². The molecule has 116 valence electrons. The van der Waals surface area contributed by atoms with Gasteiger partial charge in [0.15, 0.2) is 5.82 Å². The molecule has 3 aromatic rings. The molecule has 0 atom stereocenters. The van der Waals surface area contributed by atoms with Crippen molar-refractivity contribution in [2.24, 2.45) is 0 Å². The largest absolute Gasteiger partial charge is 0.497 e. The Balaban J connectivity index is 1.65. The molecule has 0 spiro atoms. The summed E-state index contributed by atoms with van der Waals surface area (Å²) in [4.78, 5) is 16.2. The lowest BCUT2D eigenvalue weighted by Crippen LogP contribution is -2.15. The SMILES string of the molecule is COc1ccc(-c2nc(CC(=O)Nc3ccccc3)no2)cc1. The first-order valence-electron chi connectivity index (χ1n) is 7.06. The second-order valence-corrected chi connectivity index (χ2v) is 4.84. The molecule has 1 heterocycles. The lowest BCUT2D eigenvalue weighted by molar-refractivity contribution is -0.115. The highest BCUT2D eigenvalue weighted by Gasteiger charge is 2.12. The van der Waals surface area contributed by atoms with Crippen LogP contribution in [-0.2, 0) is 11.2 Å². The van der Waals surface area contributed by atoms with E-state index in [4.69, 9.17) is 9.26 Å². The normalized spacial score (nSPS) is 10.3. The number of carbonyl (C=O) groups excluding carboxylic acids is 1. The van der Waals surface area contributed by atoms with Crippen molar-refractivity contribution < 1.29 is 14.1 Å². The number of anilines is 1. The van der Waals surface area contributed by atoms with Gasteiger partial charge in [0, 0.05) is 11.3 Å².